The van der Waals surface area contributed by atoms with Crippen LogP contribution in [0, 0.1) is 0 Å². The average molecular weight is 249 g/mol. The van der Waals surface area contributed by atoms with Gasteiger partial charge in [-0.3, -0.25) is 4.90 Å². The molecule has 1 fully saturated rings. The smallest absolute Gasteiger partial charge is 0.0193 e. The van der Waals surface area contributed by atoms with Crippen LogP contribution in [0.4, 0.5) is 0 Å². The summed E-state index contributed by atoms with van der Waals surface area (Å²) in [4.78, 5) is 4.89. The first-order chi connectivity index (χ1) is 6.24. The highest BCUT2D eigenvalue weighted by atomic mass is 79.9. The van der Waals surface area contributed by atoms with Crippen LogP contribution in [0.5, 0.6) is 0 Å². The van der Waals surface area contributed by atoms with Gasteiger partial charge in [-0.1, -0.05) is 15.9 Å². The summed E-state index contributed by atoms with van der Waals surface area (Å²) in [6.07, 6.45) is 4.07. The maximum Gasteiger partial charge on any atom is 0.0193 e. The van der Waals surface area contributed by atoms with Gasteiger partial charge in [0.15, 0.2) is 0 Å². The van der Waals surface area contributed by atoms with Gasteiger partial charge in [-0.2, -0.15) is 0 Å². The molecule has 0 aromatic rings. The van der Waals surface area contributed by atoms with Crippen LogP contribution in [0.25, 0.3) is 0 Å². The van der Waals surface area contributed by atoms with Crippen molar-refractivity contribution < 1.29 is 0 Å². The highest BCUT2D eigenvalue weighted by molar-refractivity contribution is 9.09. The number of hydrogen-bond acceptors (Lipinski definition) is 2. The van der Waals surface area contributed by atoms with Crippen molar-refractivity contribution in [1.82, 2.24) is 9.80 Å². The Morgan fingerprint density at radius 3 is 2.85 bits per heavy atom. The van der Waals surface area contributed by atoms with Gasteiger partial charge in [-0.05, 0) is 53.0 Å². The number of likely N-dealkylation sites (tertiary alicyclic amines) is 1. The minimum Gasteiger partial charge on any atom is -0.309 e. The molecule has 0 bridgehead atoms. The summed E-state index contributed by atoms with van der Waals surface area (Å²) >= 11 is 3.59. The fourth-order valence-electron chi connectivity index (χ4n) is 1.95. The zero-order valence-corrected chi connectivity index (χ0v) is 10.4. The summed E-state index contributed by atoms with van der Waals surface area (Å²) in [5.41, 5.74) is 0. The lowest BCUT2D eigenvalue weighted by Crippen LogP contribution is -2.32. The molecule has 0 aliphatic carbocycles. The summed E-state index contributed by atoms with van der Waals surface area (Å²) in [6.45, 7) is 3.80. The molecule has 78 valence electrons. The molecule has 1 saturated heterocycles. The van der Waals surface area contributed by atoms with Crippen molar-refractivity contribution in [3.05, 3.63) is 0 Å². The van der Waals surface area contributed by atoms with Gasteiger partial charge in [0, 0.05) is 11.4 Å². The second-order valence-electron chi connectivity index (χ2n) is 4.14. The molecule has 13 heavy (non-hydrogen) atoms. The lowest BCUT2D eigenvalue weighted by molar-refractivity contribution is 0.254. The standard InChI is InChI=1S/C10H21BrN2/c1-12(2)6-4-8-13-7-3-5-10(13)9-11/h10H,3-9H2,1-2H3. The van der Waals surface area contributed by atoms with Crippen molar-refractivity contribution >= 4 is 15.9 Å². The maximum absolute atomic E-state index is 3.59. The molecule has 0 saturated carbocycles. The van der Waals surface area contributed by atoms with Gasteiger partial charge >= 0.3 is 0 Å². The molecule has 1 aliphatic rings. The van der Waals surface area contributed by atoms with E-state index in [1.54, 1.807) is 0 Å². The van der Waals surface area contributed by atoms with Gasteiger partial charge in [-0.15, -0.1) is 0 Å². The van der Waals surface area contributed by atoms with E-state index in [1.807, 2.05) is 0 Å². The largest absolute Gasteiger partial charge is 0.309 e. The fraction of sp³-hybridized carbons (Fsp3) is 1.00. The number of nitrogens with zero attached hydrogens (tertiary/aromatic N) is 2. The van der Waals surface area contributed by atoms with Crippen molar-refractivity contribution in [2.45, 2.75) is 25.3 Å². The first kappa shape index (κ1) is 11.5. The molecule has 0 aromatic heterocycles. The predicted molar refractivity (Wildman–Crippen MR) is 61.6 cm³/mol. The van der Waals surface area contributed by atoms with Crippen LogP contribution in [0.15, 0.2) is 0 Å². The molecule has 0 amide bonds. The topological polar surface area (TPSA) is 6.48 Å². The van der Waals surface area contributed by atoms with E-state index < -0.39 is 0 Å². The monoisotopic (exact) mass is 248 g/mol. The van der Waals surface area contributed by atoms with Crippen LogP contribution < -0.4 is 0 Å². The molecule has 0 N–H and O–H groups in total. The van der Waals surface area contributed by atoms with Gasteiger partial charge in [-0.25, -0.2) is 0 Å². The van der Waals surface area contributed by atoms with Gasteiger partial charge in [0.25, 0.3) is 0 Å². The Hall–Kier alpha value is 0.400. The van der Waals surface area contributed by atoms with Gasteiger partial charge < -0.3 is 4.90 Å². The maximum atomic E-state index is 3.59. The van der Waals surface area contributed by atoms with Crippen molar-refractivity contribution in [1.29, 1.82) is 0 Å². The molecule has 1 rings (SSSR count). The van der Waals surface area contributed by atoms with Crippen molar-refractivity contribution in [3.63, 3.8) is 0 Å². The lowest BCUT2D eigenvalue weighted by Gasteiger charge is -2.23. The summed E-state index contributed by atoms with van der Waals surface area (Å²) < 4.78 is 0. The minimum atomic E-state index is 0.808. The summed E-state index contributed by atoms with van der Waals surface area (Å²) in [6, 6.07) is 0.808. The molecule has 3 heteroatoms. The van der Waals surface area contributed by atoms with Gasteiger partial charge in [0.2, 0.25) is 0 Å². The molecular weight excluding hydrogens is 228 g/mol. The number of rotatable bonds is 5. The second kappa shape index (κ2) is 5.99. The number of halogens is 1. The van der Waals surface area contributed by atoms with E-state index >= 15 is 0 Å². The van der Waals surface area contributed by atoms with Crippen LogP contribution in [0.1, 0.15) is 19.3 Å². The molecule has 2 nitrogen and oxygen atoms in total. The summed E-state index contributed by atoms with van der Waals surface area (Å²) in [5.74, 6) is 0. The molecule has 0 aromatic carbocycles. The highest BCUT2D eigenvalue weighted by Gasteiger charge is 2.22. The molecule has 1 aliphatic heterocycles. The molecule has 1 atom stereocenters. The fourth-order valence-corrected chi connectivity index (χ4v) is 2.69. The van der Waals surface area contributed by atoms with E-state index in [4.69, 9.17) is 0 Å². The molecular formula is C10H21BrN2. The first-order valence-electron chi connectivity index (χ1n) is 5.19. The molecule has 1 heterocycles. The van der Waals surface area contributed by atoms with E-state index in [2.05, 4.69) is 39.8 Å². The quantitative estimate of drug-likeness (QED) is 0.685. The van der Waals surface area contributed by atoms with Crippen molar-refractivity contribution in [2.75, 3.05) is 39.1 Å². The van der Waals surface area contributed by atoms with Crippen LogP contribution in [0.3, 0.4) is 0 Å². The van der Waals surface area contributed by atoms with Gasteiger partial charge in [0.1, 0.15) is 0 Å². The predicted octanol–water partition coefficient (Wildman–Crippen LogP) is 1.80. The summed E-state index contributed by atoms with van der Waals surface area (Å²) in [5, 5.41) is 1.15. The Labute approximate surface area is 90.4 Å². The van der Waals surface area contributed by atoms with E-state index in [0.29, 0.717) is 0 Å². The Morgan fingerprint density at radius 1 is 1.46 bits per heavy atom. The van der Waals surface area contributed by atoms with Crippen LogP contribution >= 0.6 is 15.9 Å². The first-order valence-corrected chi connectivity index (χ1v) is 6.31. The van der Waals surface area contributed by atoms with E-state index in [9.17, 15) is 0 Å². The van der Waals surface area contributed by atoms with Crippen LogP contribution in [-0.2, 0) is 0 Å². The minimum absolute atomic E-state index is 0.808. The van der Waals surface area contributed by atoms with E-state index in [1.165, 1.54) is 38.9 Å². The van der Waals surface area contributed by atoms with Crippen molar-refractivity contribution in [3.8, 4) is 0 Å². The molecule has 1 unspecified atom stereocenters. The van der Waals surface area contributed by atoms with Gasteiger partial charge in [0.05, 0.1) is 0 Å². The average Bonchev–Trinajstić information content (AvgIpc) is 2.51. The SMILES string of the molecule is CN(C)CCCN1CCCC1CBr. The van der Waals surface area contributed by atoms with Crippen LogP contribution in [-0.4, -0.2) is 54.9 Å². The summed E-state index contributed by atoms with van der Waals surface area (Å²) in [7, 11) is 4.29. The molecule has 0 radical (unpaired) electrons. The third-order valence-electron chi connectivity index (χ3n) is 2.73. The Kier molecular flexibility index (Phi) is 5.29. The number of hydrogen-bond donors (Lipinski definition) is 0. The zero-order valence-electron chi connectivity index (χ0n) is 8.80. The number of alkyl halides is 1. The Bertz CT molecular complexity index is 139. The lowest BCUT2D eigenvalue weighted by atomic mass is 10.2. The third-order valence-corrected chi connectivity index (χ3v) is 3.48. The van der Waals surface area contributed by atoms with E-state index in [0.717, 1.165) is 11.4 Å². The van der Waals surface area contributed by atoms with Crippen molar-refractivity contribution in [2.24, 2.45) is 0 Å². The second-order valence-corrected chi connectivity index (χ2v) is 4.79. The third kappa shape index (κ3) is 3.96. The normalized spacial score (nSPS) is 24.5. The highest BCUT2D eigenvalue weighted by Crippen LogP contribution is 2.18. The van der Waals surface area contributed by atoms with E-state index in [-0.39, 0.29) is 0 Å². The Morgan fingerprint density at radius 2 is 2.23 bits per heavy atom. The zero-order chi connectivity index (χ0) is 9.68. The Balaban J connectivity index is 2.13. The molecule has 0 spiro atoms. The van der Waals surface area contributed by atoms with Crippen LogP contribution in [0.2, 0.25) is 0 Å².